The van der Waals surface area contributed by atoms with E-state index < -0.39 is 5.41 Å². The third-order valence-electron chi connectivity index (χ3n) is 5.41. The minimum absolute atomic E-state index is 0.00552. The van der Waals surface area contributed by atoms with Gasteiger partial charge in [-0.1, -0.05) is 63.3 Å². The molecule has 0 spiro atoms. The number of nitrogens with zero attached hydrogens (tertiary/aromatic N) is 1. The number of hydrogen-bond acceptors (Lipinski definition) is 2. The van der Waals surface area contributed by atoms with Gasteiger partial charge in [-0.05, 0) is 35.3 Å². The molecule has 3 rings (SSSR count). The van der Waals surface area contributed by atoms with Crippen LogP contribution in [0.15, 0.2) is 48.1 Å². The minimum atomic E-state index is -0.479. The van der Waals surface area contributed by atoms with Crippen molar-refractivity contribution in [3.8, 4) is 6.07 Å². The average Bonchev–Trinajstić information content (AvgIpc) is 2.51. The Bertz CT molecular complexity index is 718. The summed E-state index contributed by atoms with van der Waals surface area (Å²) in [4.78, 5) is 12.5. The van der Waals surface area contributed by atoms with Gasteiger partial charge in [-0.2, -0.15) is 5.26 Å². The number of carbonyl (C=O) groups is 1. The lowest BCUT2D eigenvalue weighted by molar-refractivity contribution is -0.129. The van der Waals surface area contributed by atoms with E-state index in [1.54, 1.807) is 0 Å². The average molecular weight is 291 g/mol. The minimum Gasteiger partial charge on any atom is -0.293 e. The van der Waals surface area contributed by atoms with Crippen molar-refractivity contribution in [2.24, 2.45) is 16.7 Å². The van der Waals surface area contributed by atoms with Gasteiger partial charge in [0.05, 0.1) is 5.57 Å². The molecule has 2 heteroatoms. The molecule has 0 bridgehead atoms. The van der Waals surface area contributed by atoms with Crippen LogP contribution in [0.25, 0.3) is 5.57 Å². The highest BCUT2D eigenvalue weighted by Gasteiger charge is 2.52. The molecule has 0 fully saturated rings. The molecule has 0 aliphatic heterocycles. The number of Topliss-reactive ketones (excluding diaryl/α,β-unsaturated/α-hetero) is 1. The first-order valence-corrected chi connectivity index (χ1v) is 7.81. The lowest BCUT2D eigenvalue weighted by Crippen LogP contribution is -2.47. The van der Waals surface area contributed by atoms with Crippen LogP contribution in [-0.4, -0.2) is 5.78 Å². The van der Waals surface area contributed by atoms with Gasteiger partial charge in [-0.15, -0.1) is 0 Å². The molecule has 0 radical (unpaired) electrons. The first-order chi connectivity index (χ1) is 10.4. The Hall–Kier alpha value is -2.14. The Morgan fingerprint density at radius 2 is 1.86 bits per heavy atom. The lowest BCUT2D eigenvalue weighted by atomic mass is 9.52. The fourth-order valence-corrected chi connectivity index (χ4v) is 4.26. The fraction of sp³-hybridized carbons (Fsp3) is 0.400. The molecule has 0 unspecified atom stereocenters. The zero-order chi connectivity index (χ0) is 16.0. The summed E-state index contributed by atoms with van der Waals surface area (Å²) < 4.78 is 0. The predicted octanol–water partition coefficient (Wildman–Crippen LogP) is 4.55. The van der Waals surface area contributed by atoms with Gasteiger partial charge in [0.15, 0.2) is 5.78 Å². The maximum absolute atomic E-state index is 12.5. The molecule has 0 saturated carbocycles. The Kier molecular flexibility index (Phi) is 3.33. The van der Waals surface area contributed by atoms with E-state index in [4.69, 9.17) is 0 Å². The highest BCUT2D eigenvalue weighted by molar-refractivity contribution is 6.04. The summed E-state index contributed by atoms with van der Waals surface area (Å²) in [6, 6.07) is 12.5. The lowest BCUT2D eigenvalue weighted by Gasteiger charge is -2.49. The summed E-state index contributed by atoms with van der Waals surface area (Å²) in [6.07, 6.45) is 5.97. The molecule has 0 N–H and O–H groups in total. The molecule has 2 atom stereocenters. The van der Waals surface area contributed by atoms with Crippen molar-refractivity contribution >= 4 is 11.4 Å². The Morgan fingerprint density at radius 1 is 1.18 bits per heavy atom. The van der Waals surface area contributed by atoms with Crippen LogP contribution in [0.2, 0.25) is 0 Å². The Morgan fingerprint density at radius 3 is 2.50 bits per heavy atom. The number of carbonyl (C=O) groups excluding carboxylic acids is 1. The van der Waals surface area contributed by atoms with E-state index in [1.807, 2.05) is 26.0 Å². The van der Waals surface area contributed by atoms with Gasteiger partial charge in [0, 0.05) is 5.41 Å². The summed E-state index contributed by atoms with van der Waals surface area (Å²) in [5.41, 5.74) is 2.27. The number of ketones is 1. The van der Waals surface area contributed by atoms with Gasteiger partial charge in [-0.25, -0.2) is 0 Å². The SMILES string of the molecule is CC1(C)C(=O)C(C#N)=C[C@@]2(C)CC(c3ccccc3)=CC[C@H]12. The molecule has 0 aromatic heterocycles. The molecule has 2 aliphatic carbocycles. The second-order valence-corrected chi connectivity index (χ2v) is 7.29. The van der Waals surface area contributed by atoms with E-state index in [9.17, 15) is 10.1 Å². The van der Waals surface area contributed by atoms with E-state index in [0.29, 0.717) is 5.57 Å². The van der Waals surface area contributed by atoms with Crippen molar-refractivity contribution in [3.63, 3.8) is 0 Å². The number of rotatable bonds is 1. The zero-order valence-corrected chi connectivity index (χ0v) is 13.4. The standard InChI is InChI=1S/C20H21NO/c1-19(2)17-10-9-15(14-7-5-4-6-8-14)11-20(17,3)12-16(13-21)18(19)22/h4-9,12,17H,10-11H2,1-3H3/t17-,20-/m1/s1. The van der Waals surface area contributed by atoms with Crippen LogP contribution in [0.5, 0.6) is 0 Å². The highest BCUT2D eigenvalue weighted by atomic mass is 16.1. The fourth-order valence-electron chi connectivity index (χ4n) is 4.26. The van der Waals surface area contributed by atoms with Crippen LogP contribution in [0.3, 0.4) is 0 Å². The van der Waals surface area contributed by atoms with Crippen LogP contribution in [0, 0.1) is 28.1 Å². The third-order valence-corrected chi connectivity index (χ3v) is 5.41. The van der Waals surface area contributed by atoms with Gasteiger partial charge >= 0.3 is 0 Å². The smallest absolute Gasteiger partial charge is 0.178 e. The maximum atomic E-state index is 12.5. The van der Waals surface area contributed by atoms with Crippen molar-refractivity contribution in [2.45, 2.75) is 33.6 Å². The van der Waals surface area contributed by atoms with E-state index in [0.717, 1.165) is 12.8 Å². The number of hydrogen-bond donors (Lipinski definition) is 0. The van der Waals surface area contributed by atoms with Crippen molar-refractivity contribution in [1.82, 2.24) is 0 Å². The summed E-state index contributed by atoms with van der Waals surface area (Å²) in [7, 11) is 0. The molecule has 0 amide bonds. The summed E-state index contributed by atoms with van der Waals surface area (Å²) in [6.45, 7) is 6.17. The van der Waals surface area contributed by atoms with Crippen LogP contribution in [0.4, 0.5) is 0 Å². The number of nitriles is 1. The summed E-state index contributed by atoms with van der Waals surface area (Å²) >= 11 is 0. The predicted molar refractivity (Wildman–Crippen MR) is 87.7 cm³/mol. The quantitative estimate of drug-likeness (QED) is 0.762. The molecule has 2 nitrogen and oxygen atoms in total. The molecular weight excluding hydrogens is 270 g/mol. The van der Waals surface area contributed by atoms with Gasteiger partial charge in [0.25, 0.3) is 0 Å². The molecular formula is C20H21NO. The topological polar surface area (TPSA) is 40.9 Å². The molecule has 2 aliphatic rings. The molecule has 112 valence electrons. The monoisotopic (exact) mass is 291 g/mol. The second-order valence-electron chi connectivity index (χ2n) is 7.29. The molecule has 22 heavy (non-hydrogen) atoms. The molecule has 1 aromatic carbocycles. The number of benzene rings is 1. The second kappa shape index (κ2) is 4.95. The van der Waals surface area contributed by atoms with E-state index in [2.05, 4.69) is 43.3 Å². The summed E-state index contributed by atoms with van der Waals surface area (Å²) in [5, 5.41) is 9.33. The van der Waals surface area contributed by atoms with Crippen molar-refractivity contribution in [3.05, 3.63) is 53.6 Å². The van der Waals surface area contributed by atoms with Crippen LogP contribution in [-0.2, 0) is 4.79 Å². The Balaban J connectivity index is 2.06. The van der Waals surface area contributed by atoms with Crippen LogP contribution in [0.1, 0.15) is 39.2 Å². The molecule has 0 saturated heterocycles. The normalized spacial score (nSPS) is 29.9. The van der Waals surface area contributed by atoms with E-state index in [1.165, 1.54) is 11.1 Å². The van der Waals surface area contributed by atoms with Crippen molar-refractivity contribution < 1.29 is 4.79 Å². The zero-order valence-electron chi connectivity index (χ0n) is 13.4. The van der Waals surface area contributed by atoms with Gasteiger partial charge in [-0.3, -0.25) is 4.79 Å². The first-order valence-electron chi connectivity index (χ1n) is 7.81. The van der Waals surface area contributed by atoms with Crippen molar-refractivity contribution in [2.75, 3.05) is 0 Å². The van der Waals surface area contributed by atoms with Gasteiger partial charge < -0.3 is 0 Å². The first kappa shape index (κ1) is 14.8. The van der Waals surface area contributed by atoms with Crippen molar-refractivity contribution in [1.29, 1.82) is 5.26 Å². The molecule has 1 aromatic rings. The number of allylic oxidation sites excluding steroid dienone is 4. The Labute approximate surface area is 132 Å². The van der Waals surface area contributed by atoms with E-state index in [-0.39, 0.29) is 17.1 Å². The molecule has 0 heterocycles. The van der Waals surface area contributed by atoms with Gasteiger partial charge in [0.2, 0.25) is 0 Å². The summed E-state index contributed by atoms with van der Waals surface area (Å²) in [5.74, 6) is 0.242. The largest absolute Gasteiger partial charge is 0.293 e. The van der Waals surface area contributed by atoms with E-state index >= 15 is 0 Å². The van der Waals surface area contributed by atoms with Crippen LogP contribution < -0.4 is 0 Å². The highest BCUT2D eigenvalue weighted by Crippen LogP contribution is 2.55. The maximum Gasteiger partial charge on any atom is 0.178 e. The van der Waals surface area contributed by atoms with Crippen LogP contribution >= 0.6 is 0 Å². The third kappa shape index (κ3) is 2.13. The number of fused-ring (bicyclic) bond motifs is 1. The van der Waals surface area contributed by atoms with Gasteiger partial charge in [0.1, 0.15) is 6.07 Å².